The van der Waals surface area contributed by atoms with Gasteiger partial charge in [0.05, 0.1) is 13.0 Å². The summed E-state index contributed by atoms with van der Waals surface area (Å²) >= 11 is 0. The number of hydrogen-bond acceptors (Lipinski definition) is 5. The third-order valence-electron chi connectivity index (χ3n) is 4.17. The molecular weight excluding hydrogens is 376 g/mol. The van der Waals surface area contributed by atoms with Crippen molar-refractivity contribution in [3.05, 3.63) is 92.3 Å². The van der Waals surface area contributed by atoms with E-state index in [-0.39, 0.29) is 25.1 Å². The first kappa shape index (κ1) is 19.9. The van der Waals surface area contributed by atoms with Crippen LogP contribution in [0.4, 0.5) is 0 Å². The Morgan fingerprint density at radius 2 is 1.76 bits per heavy atom. The van der Waals surface area contributed by atoms with Gasteiger partial charge in [0, 0.05) is 6.54 Å². The van der Waals surface area contributed by atoms with Crippen LogP contribution in [-0.2, 0) is 17.9 Å². The van der Waals surface area contributed by atoms with Gasteiger partial charge in [-0.05, 0) is 29.8 Å². The molecule has 9 heteroatoms. The van der Waals surface area contributed by atoms with Crippen molar-refractivity contribution in [1.29, 1.82) is 0 Å². The van der Waals surface area contributed by atoms with Gasteiger partial charge in [-0.25, -0.2) is 14.2 Å². The Balaban J connectivity index is 2.07. The third kappa shape index (κ3) is 5.10. The molecular formula is C20H20N4O5. The van der Waals surface area contributed by atoms with E-state index in [0.29, 0.717) is 5.75 Å². The number of carboxylic acid groups (broad SMARTS) is 1. The number of H-pyrrole nitrogens is 1. The number of nitrogens with one attached hydrogen (secondary N) is 1. The lowest BCUT2D eigenvalue weighted by Crippen LogP contribution is -2.50. The van der Waals surface area contributed by atoms with Crippen molar-refractivity contribution < 1.29 is 14.7 Å². The fourth-order valence-corrected chi connectivity index (χ4v) is 2.63. The summed E-state index contributed by atoms with van der Waals surface area (Å²) in [6.45, 7) is 1.82. The van der Waals surface area contributed by atoms with E-state index < -0.39 is 17.3 Å². The molecule has 0 saturated carbocycles. The van der Waals surface area contributed by atoms with Gasteiger partial charge < -0.3 is 9.94 Å². The van der Waals surface area contributed by atoms with Gasteiger partial charge in [-0.3, -0.25) is 14.3 Å². The summed E-state index contributed by atoms with van der Waals surface area (Å²) in [7, 11) is 0. The fourth-order valence-electron chi connectivity index (χ4n) is 2.63. The lowest BCUT2D eigenvalue weighted by Gasteiger charge is -2.10. The number of benzene rings is 2. The highest BCUT2D eigenvalue weighted by molar-refractivity contribution is 5.66. The number of aromatic amines is 1. The molecule has 1 aromatic heterocycles. The maximum atomic E-state index is 12.9. The largest absolute Gasteiger partial charge is 0.481 e. The first-order valence-corrected chi connectivity index (χ1v) is 8.91. The Bertz CT molecular complexity index is 1170. The molecule has 2 aromatic carbocycles. The van der Waals surface area contributed by atoms with E-state index >= 15 is 0 Å². The van der Waals surface area contributed by atoms with Crippen LogP contribution in [0.3, 0.4) is 0 Å². The molecule has 0 amide bonds. The highest BCUT2D eigenvalue weighted by Gasteiger charge is 2.11. The van der Waals surface area contributed by atoms with Crippen LogP contribution in [-0.4, -0.2) is 25.2 Å². The number of aromatic nitrogens is 3. The normalized spacial score (nSPS) is 11.4. The standard InChI is InChI=1S/C20H20N4O5/c1-14-7-9-15(10-8-14)13-24-18(22-29-16-5-3-2-4-6-16)21-19(27)23(20(24)28)12-11-17(25)26/h2-10H,11-13H2,1H3,(H,25,26)(H,21,22,27). The van der Waals surface area contributed by atoms with E-state index in [1.54, 1.807) is 24.3 Å². The number of nitrogens with zero attached hydrogens (tertiary/aromatic N) is 3. The maximum Gasteiger partial charge on any atom is 0.335 e. The molecule has 150 valence electrons. The van der Waals surface area contributed by atoms with Gasteiger partial charge in [0.2, 0.25) is 0 Å². The lowest BCUT2D eigenvalue weighted by atomic mass is 10.1. The molecule has 0 aliphatic heterocycles. The number of carbonyl (C=O) groups is 1. The Morgan fingerprint density at radius 1 is 1.07 bits per heavy atom. The number of para-hydroxylation sites is 1. The van der Waals surface area contributed by atoms with Gasteiger partial charge in [0.25, 0.3) is 5.62 Å². The Morgan fingerprint density at radius 3 is 2.41 bits per heavy atom. The van der Waals surface area contributed by atoms with Crippen molar-refractivity contribution in [2.75, 3.05) is 0 Å². The molecule has 0 atom stereocenters. The minimum atomic E-state index is -1.11. The number of carboxylic acids is 1. The highest BCUT2D eigenvalue weighted by atomic mass is 16.6. The molecule has 0 saturated heterocycles. The van der Waals surface area contributed by atoms with Crippen molar-refractivity contribution in [1.82, 2.24) is 14.1 Å². The first-order valence-electron chi connectivity index (χ1n) is 8.91. The van der Waals surface area contributed by atoms with Gasteiger partial charge in [-0.2, -0.15) is 0 Å². The molecule has 1 heterocycles. The van der Waals surface area contributed by atoms with Crippen molar-refractivity contribution in [3.63, 3.8) is 0 Å². The summed E-state index contributed by atoms with van der Waals surface area (Å²) in [4.78, 5) is 43.9. The van der Waals surface area contributed by atoms with Crippen molar-refractivity contribution >= 4 is 5.97 Å². The number of rotatable bonds is 7. The summed E-state index contributed by atoms with van der Waals surface area (Å²) in [5.41, 5.74) is 0.371. The lowest BCUT2D eigenvalue weighted by molar-refractivity contribution is -0.137. The molecule has 3 aromatic rings. The third-order valence-corrected chi connectivity index (χ3v) is 4.17. The van der Waals surface area contributed by atoms with Crippen LogP contribution in [0.25, 0.3) is 0 Å². The maximum absolute atomic E-state index is 12.9. The fraction of sp³-hybridized carbons (Fsp3) is 0.200. The first-order chi connectivity index (χ1) is 13.9. The Hall–Kier alpha value is -3.88. The SMILES string of the molecule is Cc1ccc(Cn2c(=O)n(CCC(=O)O)c(=O)[nH]/c2=N\Oc2ccccc2)cc1. The van der Waals surface area contributed by atoms with Crippen molar-refractivity contribution in [2.45, 2.75) is 26.4 Å². The summed E-state index contributed by atoms with van der Waals surface area (Å²) in [6.07, 6.45) is -0.357. The zero-order valence-electron chi connectivity index (χ0n) is 15.7. The second-order valence-corrected chi connectivity index (χ2v) is 6.40. The second-order valence-electron chi connectivity index (χ2n) is 6.40. The monoisotopic (exact) mass is 396 g/mol. The van der Waals surface area contributed by atoms with E-state index in [1.807, 2.05) is 37.3 Å². The van der Waals surface area contributed by atoms with Gasteiger partial charge in [-0.1, -0.05) is 48.0 Å². The molecule has 0 aliphatic carbocycles. The van der Waals surface area contributed by atoms with Crippen LogP contribution < -0.4 is 21.8 Å². The van der Waals surface area contributed by atoms with Crippen LogP contribution in [0.1, 0.15) is 17.5 Å². The molecule has 9 nitrogen and oxygen atoms in total. The molecule has 0 bridgehead atoms. The zero-order chi connectivity index (χ0) is 20.8. The smallest absolute Gasteiger partial charge is 0.335 e. The number of aliphatic carboxylic acids is 1. The molecule has 0 radical (unpaired) electrons. The minimum Gasteiger partial charge on any atom is -0.481 e. The zero-order valence-corrected chi connectivity index (χ0v) is 15.7. The number of aryl methyl sites for hydroxylation is 1. The van der Waals surface area contributed by atoms with Crippen LogP contribution in [0.2, 0.25) is 0 Å². The van der Waals surface area contributed by atoms with Crippen molar-refractivity contribution in [2.24, 2.45) is 5.16 Å². The molecule has 3 rings (SSSR count). The van der Waals surface area contributed by atoms with E-state index in [1.165, 1.54) is 4.57 Å². The second kappa shape index (κ2) is 8.87. The predicted molar refractivity (Wildman–Crippen MR) is 104 cm³/mol. The van der Waals surface area contributed by atoms with Crippen LogP contribution in [0.15, 0.2) is 69.3 Å². The Labute approximate surface area is 165 Å². The molecule has 2 N–H and O–H groups in total. The Kier molecular flexibility index (Phi) is 6.08. The van der Waals surface area contributed by atoms with Gasteiger partial charge in [-0.15, -0.1) is 0 Å². The van der Waals surface area contributed by atoms with Crippen molar-refractivity contribution in [3.8, 4) is 5.75 Å². The average molecular weight is 396 g/mol. The summed E-state index contributed by atoms with van der Waals surface area (Å²) in [5.74, 6) is -0.673. The number of hydrogen-bond donors (Lipinski definition) is 2. The van der Waals surface area contributed by atoms with Gasteiger partial charge in [0.1, 0.15) is 0 Å². The molecule has 0 unspecified atom stereocenters. The van der Waals surface area contributed by atoms with Crippen LogP contribution in [0, 0.1) is 6.92 Å². The predicted octanol–water partition coefficient (Wildman–Crippen LogP) is 1.06. The van der Waals surface area contributed by atoms with E-state index in [9.17, 15) is 14.4 Å². The van der Waals surface area contributed by atoms with Crippen LogP contribution >= 0.6 is 0 Å². The quantitative estimate of drug-likeness (QED) is 0.579. The van der Waals surface area contributed by atoms with Gasteiger partial charge in [0.15, 0.2) is 5.75 Å². The summed E-state index contributed by atoms with van der Waals surface area (Å²) in [6, 6.07) is 16.2. The van der Waals surface area contributed by atoms with Crippen LogP contribution in [0.5, 0.6) is 5.75 Å². The summed E-state index contributed by atoms with van der Waals surface area (Å²) in [5, 5.41) is 12.8. The average Bonchev–Trinajstić information content (AvgIpc) is 2.70. The highest BCUT2D eigenvalue weighted by Crippen LogP contribution is 2.07. The minimum absolute atomic E-state index is 0.0731. The van der Waals surface area contributed by atoms with Gasteiger partial charge >= 0.3 is 17.3 Å². The molecule has 0 spiro atoms. The van der Waals surface area contributed by atoms with E-state index in [2.05, 4.69) is 10.1 Å². The van der Waals surface area contributed by atoms with E-state index in [0.717, 1.165) is 15.7 Å². The summed E-state index contributed by atoms with van der Waals surface area (Å²) < 4.78 is 2.07. The molecule has 0 fully saturated rings. The molecule has 29 heavy (non-hydrogen) atoms. The van der Waals surface area contributed by atoms with E-state index in [4.69, 9.17) is 9.94 Å². The topological polar surface area (TPSA) is 119 Å². The molecule has 0 aliphatic rings.